The van der Waals surface area contributed by atoms with Crippen LogP contribution in [-0.2, 0) is 9.59 Å². The number of imide groups is 1. The maximum atomic E-state index is 12.9. The van der Waals surface area contributed by atoms with E-state index in [1.54, 1.807) is 30.3 Å². The third-order valence-electron chi connectivity index (χ3n) is 4.43. The number of hydrogen-bond acceptors (Lipinski definition) is 5. The summed E-state index contributed by atoms with van der Waals surface area (Å²) in [5, 5.41) is 10.8. The second-order valence-corrected chi connectivity index (χ2v) is 6.47. The zero-order valence-electron chi connectivity index (χ0n) is 15.1. The number of carboxylic acid groups (broad SMARTS) is 1. The SMILES string of the molecule is CN(C)c1ccc(/C=C2\C(=O)N(CCC(=O)[O-])C(=O)c3ccccc32)cc1. The first-order chi connectivity index (χ1) is 12.9. The van der Waals surface area contributed by atoms with Crippen molar-refractivity contribution in [1.82, 2.24) is 4.90 Å². The van der Waals surface area contributed by atoms with Crippen LogP contribution in [0.3, 0.4) is 0 Å². The normalized spacial score (nSPS) is 15.0. The van der Waals surface area contributed by atoms with Crippen molar-refractivity contribution in [3.8, 4) is 0 Å². The number of rotatable bonds is 5. The highest BCUT2D eigenvalue weighted by molar-refractivity contribution is 6.33. The van der Waals surface area contributed by atoms with Gasteiger partial charge in [0.1, 0.15) is 0 Å². The Bertz CT molecular complexity index is 929. The molecule has 0 saturated heterocycles. The van der Waals surface area contributed by atoms with Crippen LogP contribution in [0.2, 0.25) is 0 Å². The Labute approximate surface area is 157 Å². The second-order valence-electron chi connectivity index (χ2n) is 6.47. The lowest BCUT2D eigenvalue weighted by molar-refractivity contribution is -0.305. The third-order valence-corrected chi connectivity index (χ3v) is 4.43. The van der Waals surface area contributed by atoms with Crippen molar-refractivity contribution in [2.24, 2.45) is 0 Å². The van der Waals surface area contributed by atoms with Gasteiger partial charge in [0.15, 0.2) is 0 Å². The molecule has 138 valence electrons. The van der Waals surface area contributed by atoms with Gasteiger partial charge in [-0.1, -0.05) is 30.3 Å². The number of nitrogens with zero attached hydrogens (tertiary/aromatic N) is 2. The van der Waals surface area contributed by atoms with Gasteiger partial charge in [-0.2, -0.15) is 0 Å². The fourth-order valence-corrected chi connectivity index (χ4v) is 2.98. The van der Waals surface area contributed by atoms with E-state index < -0.39 is 24.2 Å². The minimum Gasteiger partial charge on any atom is -0.550 e. The van der Waals surface area contributed by atoms with Crippen LogP contribution in [0.5, 0.6) is 0 Å². The van der Waals surface area contributed by atoms with Gasteiger partial charge >= 0.3 is 0 Å². The van der Waals surface area contributed by atoms with Crippen molar-refractivity contribution < 1.29 is 19.5 Å². The maximum Gasteiger partial charge on any atom is 0.261 e. The molecule has 0 N–H and O–H groups in total. The van der Waals surface area contributed by atoms with Gasteiger partial charge in [0.05, 0.1) is 0 Å². The Balaban J connectivity index is 2.04. The van der Waals surface area contributed by atoms with Crippen molar-refractivity contribution in [2.75, 3.05) is 25.5 Å². The monoisotopic (exact) mass is 363 g/mol. The second kappa shape index (κ2) is 7.45. The molecule has 0 aromatic heterocycles. The first-order valence-electron chi connectivity index (χ1n) is 8.53. The zero-order valence-corrected chi connectivity index (χ0v) is 15.1. The first kappa shape index (κ1) is 18.4. The molecule has 0 fully saturated rings. The fraction of sp³-hybridized carbons (Fsp3) is 0.190. The van der Waals surface area contributed by atoms with E-state index in [9.17, 15) is 19.5 Å². The topological polar surface area (TPSA) is 80.8 Å². The fourth-order valence-electron chi connectivity index (χ4n) is 2.98. The maximum absolute atomic E-state index is 12.9. The van der Waals surface area contributed by atoms with Crippen LogP contribution in [0.1, 0.15) is 27.9 Å². The number of fused-ring (bicyclic) bond motifs is 1. The highest BCUT2D eigenvalue weighted by Crippen LogP contribution is 2.30. The summed E-state index contributed by atoms with van der Waals surface area (Å²) in [4.78, 5) is 39.2. The van der Waals surface area contributed by atoms with Crippen molar-refractivity contribution in [3.63, 3.8) is 0 Å². The number of hydrogen-bond donors (Lipinski definition) is 0. The number of carbonyl (C=O) groups is 3. The molecule has 0 unspecified atom stereocenters. The van der Waals surface area contributed by atoms with Crippen LogP contribution >= 0.6 is 0 Å². The molecule has 1 heterocycles. The van der Waals surface area contributed by atoms with Gasteiger partial charge in [-0.3, -0.25) is 14.5 Å². The summed E-state index contributed by atoms with van der Waals surface area (Å²) in [6.45, 7) is -0.217. The summed E-state index contributed by atoms with van der Waals surface area (Å²) in [6, 6.07) is 14.5. The number of benzene rings is 2. The van der Waals surface area contributed by atoms with Gasteiger partial charge < -0.3 is 14.8 Å². The smallest absolute Gasteiger partial charge is 0.261 e. The Morgan fingerprint density at radius 3 is 2.22 bits per heavy atom. The molecular weight excluding hydrogens is 344 g/mol. The lowest BCUT2D eigenvalue weighted by atomic mass is 9.92. The van der Waals surface area contributed by atoms with Crippen molar-refractivity contribution in [3.05, 3.63) is 65.2 Å². The zero-order chi connectivity index (χ0) is 19.6. The van der Waals surface area contributed by atoms with E-state index in [4.69, 9.17) is 0 Å². The Morgan fingerprint density at radius 1 is 1.00 bits per heavy atom. The Morgan fingerprint density at radius 2 is 1.63 bits per heavy atom. The number of aliphatic carboxylic acids is 1. The number of carbonyl (C=O) groups excluding carboxylic acids is 3. The molecule has 3 rings (SSSR count). The summed E-state index contributed by atoms with van der Waals surface area (Å²) in [6.07, 6.45) is 1.32. The molecule has 27 heavy (non-hydrogen) atoms. The quantitative estimate of drug-likeness (QED) is 0.593. The van der Waals surface area contributed by atoms with Crippen molar-refractivity contribution in [1.29, 1.82) is 0 Å². The minimum absolute atomic E-state index is 0.217. The Kier molecular flexibility index (Phi) is 5.07. The molecule has 2 aromatic carbocycles. The molecule has 2 aromatic rings. The average molecular weight is 363 g/mol. The first-order valence-corrected chi connectivity index (χ1v) is 8.53. The summed E-state index contributed by atoms with van der Waals surface area (Å²) in [5.41, 5.74) is 3.13. The summed E-state index contributed by atoms with van der Waals surface area (Å²) >= 11 is 0. The molecule has 0 spiro atoms. The largest absolute Gasteiger partial charge is 0.550 e. The molecule has 1 aliphatic heterocycles. The van der Waals surface area contributed by atoms with E-state index in [1.807, 2.05) is 43.3 Å². The predicted octanol–water partition coefficient (Wildman–Crippen LogP) is 1.42. The molecular formula is C21H19N2O4-. The third kappa shape index (κ3) is 3.74. The molecule has 1 aliphatic rings. The van der Waals surface area contributed by atoms with Crippen LogP contribution in [0.4, 0.5) is 5.69 Å². The van der Waals surface area contributed by atoms with Crippen LogP contribution in [-0.4, -0.2) is 43.3 Å². The highest BCUT2D eigenvalue weighted by Gasteiger charge is 2.34. The van der Waals surface area contributed by atoms with Gasteiger partial charge in [0, 0.05) is 49.9 Å². The van der Waals surface area contributed by atoms with E-state index in [-0.39, 0.29) is 6.54 Å². The standard InChI is InChI=1S/C21H20N2O4/c1-22(2)15-9-7-14(8-10-15)13-18-16-5-3-4-6-17(16)20(26)23(21(18)27)12-11-19(24)25/h3-10,13H,11-12H2,1-2H3,(H,24,25)/p-1/b18-13-. The van der Waals surface area contributed by atoms with Crippen LogP contribution < -0.4 is 10.0 Å². The minimum atomic E-state index is -1.31. The molecule has 0 bridgehead atoms. The molecule has 0 atom stereocenters. The van der Waals surface area contributed by atoms with Gasteiger partial charge in [0.2, 0.25) is 0 Å². The molecule has 6 heteroatoms. The van der Waals surface area contributed by atoms with Gasteiger partial charge in [0.25, 0.3) is 11.8 Å². The van der Waals surface area contributed by atoms with Gasteiger partial charge in [-0.05, 0) is 35.4 Å². The van der Waals surface area contributed by atoms with E-state index in [0.717, 1.165) is 16.2 Å². The van der Waals surface area contributed by atoms with Crippen LogP contribution in [0.25, 0.3) is 11.6 Å². The average Bonchev–Trinajstić information content (AvgIpc) is 2.65. The molecule has 0 aliphatic carbocycles. The highest BCUT2D eigenvalue weighted by atomic mass is 16.4. The van der Waals surface area contributed by atoms with Gasteiger partial charge in [-0.15, -0.1) is 0 Å². The predicted molar refractivity (Wildman–Crippen MR) is 101 cm³/mol. The molecule has 2 amide bonds. The van der Waals surface area contributed by atoms with Crippen LogP contribution in [0, 0.1) is 0 Å². The number of anilines is 1. The summed E-state index contributed by atoms with van der Waals surface area (Å²) in [7, 11) is 3.88. The van der Waals surface area contributed by atoms with Crippen molar-refractivity contribution in [2.45, 2.75) is 6.42 Å². The van der Waals surface area contributed by atoms with Gasteiger partial charge in [-0.25, -0.2) is 0 Å². The molecule has 0 radical (unpaired) electrons. The van der Waals surface area contributed by atoms with E-state index in [1.165, 1.54) is 0 Å². The number of carboxylic acids is 1. The summed E-state index contributed by atoms with van der Waals surface area (Å²) < 4.78 is 0. The lowest BCUT2D eigenvalue weighted by Crippen LogP contribution is -2.43. The molecule has 0 saturated carbocycles. The van der Waals surface area contributed by atoms with Crippen molar-refractivity contribution >= 4 is 35.1 Å². The van der Waals surface area contributed by atoms with E-state index in [2.05, 4.69) is 0 Å². The van der Waals surface area contributed by atoms with E-state index in [0.29, 0.717) is 16.7 Å². The molecule has 6 nitrogen and oxygen atoms in total. The summed E-state index contributed by atoms with van der Waals surface area (Å²) in [5.74, 6) is -2.30. The number of amides is 2. The van der Waals surface area contributed by atoms with Crippen LogP contribution in [0.15, 0.2) is 48.5 Å². The lowest BCUT2D eigenvalue weighted by Gasteiger charge is -2.28. The van der Waals surface area contributed by atoms with E-state index >= 15 is 0 Å². The Hall–Kier alpha value is -3.41.